The molecule has 0 atom stereocenters. The standard InChI is InChI=1S/C2H4O2.2Ca.H2O4S.4H/c1-2(3)4;;;1-5(2,3)4;;;;/h1H3,(H,3,4);;;(H2,1,2,3,4);;;;/q;2*+2;;4*-1. The Morgan fingerprint density at radius 1 is 1.27 bits per heavy atom. The molecule has 0 amide bonds. The molecular formula is C2H10Ca2O6S. The molecule has 0 spiro atoms. The number of aliphatic carboxylic acids is 1. The van der Waals surface area contributed by atoms with Crippen LogP contribution < -0.4 is 0 Å². The molecule has 0 heterocycles. The molecule has 0 rings (SSSR count). The topological polar surface area (TPSA) is 112 Å². The van der Waals surface area contributed by atoms with E-state index in [4.69, 9.17) is 27.4 Å². The fourth-order valence-electron chi connectivity index (χ4n) is 0. The van der Waals surface area contributed by atoms with Gasteiger partial charge in [0.15, 0.2) is 0 Å². The van der Waals surface area contributed by atoms with Crippen LogP contribution in [-0.4, -0.2) is 104 Å². The van der Waals surface area contributed by atoms with Gasteiger partial charge in [-0.2, -0.15) is 8.42 Å². The van der Waals surface area contributed by atoms with E-state index < -0.39 is 16.4 Å². The summed E-state index contributed by atoms with van der Waals surface area (Å²) in [6, 6.07) is 0. The number of hydrogen-bond acceptors (Lipinski definition) is 3. The van der Waals surface area contributed by atoms with Crippen LogP contribution in [0.2, 0.25) is 0 Å². The Balaban J connectivity index is -0.00000000785. The minimum Gasteiger partial charge on any atom is -1.00 e. The van der Waals surface area contributed by atoms with Gasteiger partial charge in [0.25, 0.3) is 5.97 Å². The normalized spacial score (nSPS) is 7.55. The van der Waals surface area contributed by atoms with Crippen LogP contribution in [0.4, 0.5) is 0 Å². The van der Waals surface area contributed by atoms with Crippen molar-refractivity contribution in [2.24, 2.45) is 0 Å². The molecule has 0 aliphatic rings. The van der Waals surface area contributed by atoms with Crippen molar-refractivity contribution >= 4 is 91.8 Å². The van der Waals surface area contributed by atoms with Gasteiger partial charge >= 0.3 is 85.9 Å². The van der Waals surface area contributed by atoms with Gasteiger partial charge in [-0.3, -0.25) is 13.9 Å². The summed E-state index contributed by atoms with van der Waals surface area (Å²) in [5, 5.41) is 7.42. The van der Waals surface area contributed by atoms with Gasteiger partial charge < -0.3 is 10.8 Å². The van der Waals surface area contributed by atoms with Gasteiger partial charge in [0, 0.05) is 6.92 Å². The van der Waals surface area contributed by atoms with E-state index >= 15 is 0 Å². The van der Waals surface area contributed by atoms with Gasteiger partial charge in [0.1, 0.15) is 0 Å². The zero-order valence-electron chi connectivity index (χ0n) is 9.89. The molecule has 0 aromatic carbocycles. The Kier molecular flexibility index (Phi) is 24.8. The van der Waals surface area contributed by atoms with Crippen LogP contribution in [0.25, 0.3) is 0 Å². The second-order valence-electron chi connectivity index (χ2n) is 0.967. The van der Waals surface area contributed by atoms with Crippen molar-refractivity contribution in [1.82, 2.24) is 0 Å². The first-order valence-corrected chi connectivity index (χ1v) is 3.02. The third kappa shape index (κ3) is 333. The predicted molar refractivity (Wildman–Crippen MR) is 43.4 cm³/mol. The molecule has 6 nitrogen and oxygen atoms in total. The molecule has 0 aromatic heterocycles. The zero-order chi connectivity index (χ0) is 8.08. The van der Waals surface area contributed by atoms with E-state index in [1.165, 1.54) is 0 Å². The quantitative estimate of drug-likeness (QED) is 0.376. The van der Waals surface area contributed by atoms with Gasteiger partial charge in [0.05, 0.1) is 0 Å². The third-order valence-electron chi connectivity index (χ3n) is 0. The minimum absolute atomic E-state index is 0. The maximum absolute atomic E-state index is 9.00. The predicted octanol–water partition coefficient (Wildman–Crippen LogP) is -0.874. The smallest absolute Gasteiger partial charge is 1.00 e. The van der Waals surface area contributed by atoms with Gasteiger partial charge in [-0.05, 0) is 0 Å². The summed E-state index contributed by atoms with van der Waals surface area (Å²) >= 11 is 0. The average Bonchev–Trinajstić information content (AvgIpc) is 1.19. The SMILES string of the molecule is CC(=O)O.O=S(=O)(O)O.[Ca+2].[Ca+2].[H-].[H-].[H-].[H-]. The van der Waals surface area contributed by atoms with Crippen LogP contribution in [0.15, 0.2) is 0 Å². The van der Waals surface area contributed by atoms with E-state index in [1.54, 1.807) is 0 Å². The zero-order valence-corrected chi connectivity index (χ0v) is 11.1. The van der Waals surface area contributed by atoms with Gasteiger partial charge in [-0.15, -0.1) is 0 Å². The summed E-state index contributed by atoms with van der Waals surface area (Å²) in [7, 11) is -4.67. The van der Waals surface area contributed by atoms with Crippen molar-refractivity contribution in [1.29, 1.82) is 0 Å². The maximum Gasteiger partial charge on any atom is 2.00 e. The van der Waals surface area contributed by atoms with Crippen molar-refractivity contribution in [3.05, 3.63) is 0 Å². The fraction of sp³-hybridized carbons (Fsp3) is 0.500. The Morgan fingerprint density at radius 2 is 1.27 bits per heavy atom. The second-order valence-corrected chi connectivity index (χ2v) is 1.86. The van der Waals surface area contributed by atoms with Crippen LogP contribution in [0.5, 0.6) is 0 Å². The fourth-order valence-corrected chi connectivity index (χ4v) is 0. The molecule has 0 saturated carbocycles. The second kappa shape index (κ2) is 11.9. The van der Waals surface area contributed by atoms with Gasteiger partial charge in [-0.1, -0.05) is 0 Å². The molecule has 0 aliphatic carbocycles. The molecule has 0 aromatic rings. The number of carbonyl (C=O) groups is 1. The first-order chi connectivity index (χ1) is 3.73. The first kappa shape index (κ1) is 23.0. The molecule has 64 valence electrons. The van der Waals surface area contributed by atoms with Crippen LogP contribution >= 0.6 is 0 Å². The Labute approximate surface area is 130 Å². The summed E-state index contributed by atoms with van der Waals surface area (Å²) in [5.74, 6) is -0.833. The van der Waals surface area contributed by atoms with Crippen molar-refractivity contribution in [2.45, 2.75) is 6.92 Å². The number of hydrogen-bond donors (Lipinski definition) is 3. The summed E-state index contributed by atoms with van der Waals surface area (Å²) in [6.07, 6.45) is 0. The van der Waals surface area contributed by atoms with Crippen molar-refractivity contribution < 1.29 is 33.1 Å². The molecule has 0 fully saturated rings. The molecule has 0 saturated heterocycles. The monoisotopic (exact) mass is 242 g/mol. The Bertz CT molecular complexity index is 174. The van der Waals surface area contributed by atoms with Gasteiger partial charge in [0.2, 0.25) is 0 Å². The minimum atomic E-state index is -4.67. The van der Waals surface area contributed by atoms with Crippen LogP contribution in [0, 0.1) is 0 Å². The third-order valence-corrected chi connectivity index (χ3v) is 0. The van der Waals surface area contributed by atoms with Gasteiger partial charge in [-0.25, -0.2) is 0 Å². The van der Waals surface area contributed by atoms with Crippen molar-refractivity contribution in [3.8, 4) is 0 Å². The van der Waals surface area contributed by atoms with E-state index in [0.29, 0.717) is 0 Å². The molecule has 3 N–H and O–H groups in total. The van der Waals surface area contributed by atoms with Crippen LogP contribution in [0.1, 0.15) is 12.6 Å². The van der Waals surface area contributed by atoms with Crippen LogP contribution in [-0.2, 0) is 15.2 Å². The number of carboxylic acids is 1. The summed E-state index contributed by atoms with van der Waals surface area (Å²) < 4.78 is 31.6. The maximum atomic E-state index is 9.00. The molecule has 0 aliphatic heterocycles. The van der Waals surface area contributed by atoms with E-state index in [2.05, 4.69) is 0 Å². The molecule has 0 radical (unpaired) electrons. The van der Waals surface area contributed by atoms with E-state index in [9.17, 15) is 0 Å². The summed E-state index contributed by atoms with van der Waals surface area (Å²) in [6.45, 7) is 1.08. The van der Waals surface area contributed by atoms with E-state index in [1.807, 2.05) is 0 Å². The summed E-state index contributed by atoms with van der Waals surface area (Å²) in [4.78, 5) is 9.00. The summed E-state index contributed by atoms with van der Waals surface area (Å²) in [5.41, 5.74) is 0. The number of rotatable bonds is 0. The first-order valence-electron chi connectivity index (χ1n) is 1.63. The molecule has 0 unspecified atom stereocenters. The largest absolute Gasteiger partial charge is 2.00 e. The molecule has 9 heteroatoms. The average molecular weight is 242 g/mol. The van der Waals surface area contributed by atoms with E-state index in [0.717, 1.165) is 6.92 Å². The van der Waals surface area contributed by atoms with Crippen molar-refractivity contribution in [3.63, 3.8) is 0 Å². The van der Waals surface area contributed by atoms with E-state index in [-0.39, 0.29) is 81.2 Å². The Hall–Kier alpha value is 1.86. The molecular weight excluding hydrogens is 232 g/mol. The van der Waals surface area contributed by atoms with Crippen molar-refractivity contribution in [2.75, 3.05) is 0 Å². The van der Waals surface area contributed by atoms with Crippen LogP contribution in [0.3, 0.4) is 0 Å². The number of carboxylic acid groups (broad SMARTS) is 1. The molecule has 11 heavy (non-hydrogen) atoms. The Morgan fingerprint density at radius 3 is 1.27 bits per heavy atom. The molecule has 0 bridgehead atoms.